The van der Waals surface area contributed by atoms with E-state index < -0.39 is 20.0 Å². The van der Waals surface area contributed by atoms with E-state index in [-0.39, 0.29) is 36.8 Å². The standard InChI is InChI=1S/C18H25ClN4O4S2/c1-14-18(15(2)21(3)20-14)29(26,27)23-10-4-9-22(11-12-23)28(24,25)13-16-5-7-17(19)8-6-16/h5-8H,4,9-13H2,1-3H3. The first kappa shape index (κ1) is 22.2. The second kappa shape index (κ2) is 8.35. The summed E-state index contributed by atoms with van der Waals surface area (Å²) >= 11 is 5.86. The number of aromatic nitrogens is 2. The minimum atomic E-state index is -3.74. The van der Waals surface area contributed by atoms with Gasteiger partial charge >= 0.3 is 0 Å². The highest BCUT2D eigenvalue weighted by molar-refractivity contribution is 7.89. The zero-order valence-electron chi connectivity index (χ0n) is 16.7. The van der Waals surface area contributed by atoms with E-state index in [0.29, 0.717) is 28.4 Å². The Kier molecular flexibility index (Phi) is 6.40. The number of rotatable bonds is 5. The van der Waals surface area contributed by atoms with E-state index >= 15 is 0 Å². The van der Waals surface area contributed by atoms with Crippen LogP contribution in [0, 0.1) is 13.8 Å². The van der Waals surface area contributed by atoms with Crippen LogP contribution in [0.25, 0.3) is 0 Å². The van der Waals surface area contributed by atoms with Gasteiger partial charge in [0.25, 0.3) is 0 Å². The average molecular weight is 461 g/mol. The molecular formula is C18H25ClN4O4S2. The van der Waals surface area contributed by atoms with Crippen LogP contribution in [0.4, 0.5) is 0 Å². The van der Waals surface area contributed by atoms with E-state index in [1.165, 1.54) is 8.61 Å². The second-order valence-corrected chi connectivity index (χ2v) is 11.4. The Morgan fingerprint density at radius 3 is 2.14 bits per heavy atom. The Bertz CT molecular complexity index is 1100. The molecule has 0 saturated carbocycles. The number of halogens is 1. The summed E-state index contributed by atoms with van der Waals surface area (Å²) in [6, 6.07) is 6.67. The molecule has 8 nitrogen and oxygen atoms in total. The zero-order chi connectivity index (χ0) is 21.4. The molecule has 11 heteroatoms. The van der Waals surface area contributed by atoms with Crippen LogP contribution in [0.5, 0.6) is 0 Å². The van der Waals surface area contributed by atoms with Crippen LogP contribution >= 0.6 is 11.6 Å². The van der Waals surface area contributed by atoms with Gasteiger partial charge < -0.3 is 0 Å². The molecule has 0 spiro atoms. The maximum atomic E-state index is 13.2. The molecule has 29 heavy (non-hydrogen) atoms. The van der Waals surface area contributed by atoms with Crippen molar-refractivity contribution >= 4 is 31.6 Å². The largest absolute Gasteiger partial charge is 0.271 e. The van der Waals surface area contributed by atoms with Gasteiger partial charge in [0.05, 0.1) is 17.1 Å². The zero-order valence-corrected chi connectivity index (χ0v) is 19.1. The molecule has 0 atom stereocenters. The maximum Gasteiger partial charge on any atom is 0.246 e. The van der Waals surface area contributed by atoms with Gasteiger partial charge in [-0.2, -0.15) is 9.40 Å². The molecule has 0 radical (unpaired) electrons. The van der Waals surface area contributed by atoms with Crippen LogP contribution < -0.4 is 0 Å². The molecule has 1 aromatic heterocycles. The van der Waals surface area contributed by atoms with Crippen LogP contribution in [0.3, 0.4) is 0 Å². The summed E-state index contributed by atoms with van der Waals surface area (Å²) < 4.78 is 56.3. The predicted octanol–water partition coefficient (Wildman–Crippen LogP) is 1.92. The molecular weight excluding hydrogens is 436 g/mol. The first-order valence-electron chi connectivity index (χ1n) is 9.25. The summed E-state index contributed by atoms with van der Waals surface area (Å²) in [6.07, 6.45) is 0.428. The van der Waals surface area contributed by atoms with Gasteiger partial charge in [-0.25, -0.2) is 21.1 Å². The highest BCUT2D eigenvalue weighted by atomic mass is 35.5. The number of nitrogens with zero attached hydrogens (tertiary/aromatic N) is 4. The number of benzene rings is 1. The van der Waals surface area contributed by atoms with E-state index in [2.05, 4.69) is 5.10 Å². The van der Waals surface area contributed by atoms with Gasteiger partial charge in [-0.3, -0.25) is 4.68 Å². The van der Waals surface area contributed by atoms with Crippen LogP contribution in [-0.2, 0) is 32.8 Å². The van der Waals surface area contributed by atoms with Gasteiger partial charge in [0.15, 0.2) is 0 Å². The second-order valence-electron chi connectivity index (χ2n) is 7.16. The number of aryl methyl sites for hydroxylation is 2. The van der Waals surface area contributed by atoms with Crippen molar-refractivity contribution in [3.8, 4) is 0 Å². The predicted molar refractivity (Wildman–Crippen MR) is 112 cm³/mol. The van der Waals surface area contributed by atoms with Crippen molar-refractivity contribution in [3.63, 3.8) is 0 Å². The van der Waals surface area contributed by atoms with Crippen molar-refractivity contribution in [1.29, 1.82) is 0 Å². The molecule has 1 aliphatic rings. The first-order valence-corrected chi connectivity index (χ1v) is 12.7. The van der Waals surface area contributed by atoms with E-state index in [9.17, 15) is 16.8 Å². The molecule has 2 heterocycles. The molecule has 1 aliphatic heterocycles. The Balaban J connectivity index is 1.77. The first-order chi connectivity index (χ1) is 13.5. The molecule has 160 valence electrons. The van der Waals surface area contributed by atoms with Crippen molar-refractivity contribution < 1.29 is 16.8 Å². The summed E-state index contributed by atoms with van der Waals surface area (Å²) in [4.78, 5) is 0.206. The topological polar surface area (TPSA) is 92.6 Å². The lowest BCUT2D eigenvalue weighted by atomic mass is 10.2. The van der Waals surface area contributed by atoms with Crippen LogP contribution in [0.15, 0.2) is 29.2 Å². The van der Waals surface area contributed by atoms with Gasteiger partial charge in [0, 0.05) is 38.2 Å². The van der Waals surface area contributed by atoms with E-state index in [1.54, 1.807) is 49.8 Å². The average Bonchev–Trinajstić information content (AvgIpc) is 2.82. The molecule has 0 bridgehead atoms. The van der Waals surface area contributed by atoms with Crippen LogP contribution in [-0.4, -0.2) is 61.4 Å². The fourth-order valence-electron chi connectivity index (χ4n) is 3.53. The fourth-order valence-corrected chi connectivity index (χ4v) is 7.09. The molecule has 3 rings (SSSR count). The monoisotopic (exact) mass is 460 g/mol. The third kappa shape index (κ3) is 4.66. The van der Waals surface area contributed by atoms with E-state index in [1.807, 2.05) is 0 Å². The highest BCUT2D eigenvalue weighted by Gasteiger charge is 2.34. The van der Waals surface area contributed by atoms with Gasteiger partial charge in [-0.1, -0.05) is 23.7 Å². The Labute approximate surface area is 177 Å². The molecule has 0 unspecified atom stereocenters. The Hall–Kier alpha value is -1.46. The third-order valence-corrected chi connectivity index (χ3v) is 9.36. The van der Waals surface area contributed by atoms with Crippen molar-refractivity contribution in [2.24, 2.45) is 7.05 Å². The molecule has 1 saturated heterocycles. The SMILES string of the molecule is Cc1nn(C)c(C)c1S(=O)(=O)N1CCCN(S(=O)(=O)Cc2ccc(Cl)cc2)CC1. The lowest BCUT2D eigenvalue weighted by Crippen LogP contribution is -2.38. The minimum Gasteiger partial charge on any atom is -0.271 e. The fraction of sp³-hybridized carbons (Fsp3) is 0.500. The number of sulfonamides is 2. The summed E-state index contributed by atoms with van der Waals surface area (Å²) in [5.74, 6) is -0.141. The molecule has 1 fully saturated rings. The van der Waals surface area contributed by atoms with Gasteiger partial charge in [0.2, 0.25) is 20.0 Å². The summed E-state index contributed by atoms with van der Waals surface area (Å²) in [5.41, 5.74) is 1.66. The van der Waals surface area contributed by atoms with Crippen LogP contribution in [0.1, 0.15) is 23.4 Å². The summed E-state index contributed by atoms with van der Waals surface area (Å²) in [6.45, 7) is 4.16. The highest BCUT2D eigenvalue weighted by Crippen LogP contribution is 2.25. The normalized spacial score (nSPS) is 17.4. The lowest BCUT2D eigenvalue weighted by Gasteiger charge is -2.22. The summed E-state index contributed by atoms with van der Waals surface area (Å²) in [7, 11) is -5.61. The molecule has 0 amide bonds. The van der Waals surface area contributed by atoms with Crippen molar-refractivity contribution in [2.75, 3.05) is 26.2 Å². The molecule has 2 aromatic rings. The Morgan fingerprint density at radius 2 is 1.55 bits per heavy atom. The van der Waals surface area contributed by atoms with Crippen molar-refractivity contribution in [1.82, 2.24) is 18.4 Å². The van der Waals surface area contributed by atoms with Crippen LogP contribution in [0.2, 0.25) is 5.02 Å². The number of hydrogen-bond acceptors (Lipinski definition) is 5. The van der Waals surface area contributed by atoms with Gasteiger partial charge in [0.1, 0.15) is 4.90 Å². The van der Waals surface area contributed by atoms with Gasteiger partial charge in [-0.15, -0.1) is 0 Å². The van der Waals surface area contributed by atoms with Gasteiger partial charge in [-0.05, 0) is 38.0 Å². The maximum absolute atomic E-state index is 13.2. The third-order valence-electron chi connectivity index (χ3n) is 5.11. The smallest absolute Gasteiger partial charge is 0.246 e. The molecule has 0 aliphatic carbocycles. The van der Waals surface area contributed by atoms with Crippen molar-refractivity contribution in [2.45, 2.75) is 30.9 Å². The quantitative estimate of drug-likeness (QED) is 0.679. The molecule has 0 N–H and O–H groups in total. The lowest BCUT2D eigenvalue weighted by molar-refractivity contribution is 0.404. The van der Waals surface area contributed by atoms with Crippen molar-refractivity contribution in [3.05, 3.63) is 46.2 Å². The Morgan fingerprint density at radius 1 is 0.966 bits per heavy atom. The minimum absolute atomic E-state index is 0.107. The molecule has 1 aromatic carbocycles. The summed E-state index contributed by atoms with van der Waals surface area (Å²) in [5, 5.41) is 4.74. The van der Waals surface area contributed by atoms with E-state index in [4.69, 9.17) is 11.6 Å². The van der Waals surface area contributed by atoms with E-state index in [0.717, 1.165) is 0 Å². The number of hydrogen-bond donors (Lipinski definition) is 0.